The Morgan fingerprint density at radius 3 is 1.00 bits per heavy atom. The Kier molecular flexibility index (Phi) is 8.04. The van der Waals surface area contributed by atoms with Gasteiger partial charge in [0.25, 0.3) is 0 Å². The van der Waals surface area contributed by atoms with Gasteiger partial charge in [0.15, 0.2) is 0 Å². The summed E-state index contributed by atoms with van der Waals surface area (Å²) in [4.78, 5) is 20.7. The fourth-order valence-corrected chi connectivity index (χ4v) is 3.06. The first-order valence-electron chi connectivity index (χ1n) is 9.34. The zero-order valence-corrected chi connectivity index (χ0v) is 18.0. The van der Waals surface area contributed by atoms with Gasteiger partial charge in [-0.05, 0) is 0 Å². The first-order valence-corrected chi connectivity index (χ1v) is 12.8. The van der Waals surface area contributed by atoms with Crippen molar-refractivity contribution in [2.24, 2.45) is 0 Å². The van der Waals surface area contributed by atoms with Crippen molar-refractivity contribution in [3.05, 3.63) is 0 Å². The maximum absolute atomic E-state index is 8.85. The van der Waals surface area contributed by atoms with Gasteiger partial charge in [-0.3, -0.25) is 0 Å². The predicted molar refractivity (Wildman–Crippen MR) is 94.7 cm³/mol. The SMILES string of the molecule is C1CN(c2nc(N3CCOCC3)nc(N3CCOCC3)n2)CCO1.[O]=[Mo](=[O])([OH])[OH]. The average molecular weight is 498 g/mol. The molecule has 0 spiro atoms. The average Bonchev–Trinajstić information content (AvgIpc) is 2.74. The molecule has 2 N–H and O–H groups in total. The number of morpholine rings is 3. The van der Waals surface area contributed by atoms with Gasteiger partial charge < -0.3 is 28.9 Å². The number of rotatable bonds is 3. The Bertz CT molecular complexity index is 653. The Morgan fingerprint density at radius 1 is 0.586 bits per heavy atom. The summed E-state index contributed by atoms with van der Waals surface area (Å²) in [5.74, 6) is 2.24. The van der Waals surface area contributed by atoms with E-state index in [0.717, 1.165) is 57.1 Å². The molecule has 3 saturated heterocycles. The van der Waals surface area contributed by atoms with Gasteiger partial charge in [0.2, 0.25) is 17.8 Å². The molecule has 14 heteroatoms. The number of ether oxygens (including phenoxy) is 3. The van der Waals surface area contributed by atoms with E-state index in [0.29, 0.717) is 39.6 Å². The van der Waals surface area contributed by atoms with E-state index in [4.69, 9.17) is 43.5 Å². The Morgan fingerprint density at radius 2 is 0.793 bits per heavy atom. The van der Waals surface area contributed by atoms with Crippen LogP contribution in [-0.2, 0) is 37.8 Å². The van der Waals surface area contributed by atoms with Crippen LogP contribution in [0.1, 0.15) is 0 Å². The molecule has 3 aliphatic rings. The molecule has 4 heterocycles. The summed E-state index contributed by atoms with van der Waals surface area (Å²) in [6.07, 6.45) is 0. The van der Waals surface area contributed by atoms with Gasteiger partial charge >= 0.3 is 31.1 Å². The number of hydrogen-bond acceptors (Lipinski definition) is 11. The molecule has 3 fully saturated rings. The summed E-state index contributed by atoms with van der Waals surface area (Å²) in [6.45, 7) is 9.17. The minimum absolute atomic E-state index is 0.714. The summed E-state index contributed by atoms with van der Waals surface area (Å²) >= 11 is -5.52. The van der Waals surface area contributed by atoms with Crippen molar-refractivity contribution in [1.29, 1.82) is 0 Å². The van der Waals surface area contributed by atoms with Crippen LogP contribution in [0.25, 0.3) is 0 Å². The molecule has 0 aromatic carbocycles. The Balaban J connectivity index is 0.000000431. The Hall–Kier alpha value is -1.50. The van der Waals surface area contributed by atoms with Crippen LogP contribution >= 0.6 is 0 Å². The van der Waals surface area contributed by atoms with Gasteiger partial charge in [-0.2, -0.15) is 15.0 Å². The van der Waals surface area contributed by atoms with Crippen LogP contribution in [0, 0.1) is 0 Å². The second-order valence-electron chi connectivity index (χ2n) is 6.48. The summed E-state index contributed by atoms with van der Waals surface area (Å²) in [5.41, 5.74) is 0. The van der Waals surface area contributed by atoms with Crippen LogP contribution in [0.5, 0.6) is 0 Å². The van der Waals surface area contributed by atoms with Crippen molar-refractivity contribution in [3.8, 4) is 0 Å². The van der Waals surface area contributed by atoms with Crippen molar-refractivity contribution >= 4 is 17.8 Å². The van der Waals surface area contributed by atoms with Crippen LogP contribution < -0.4 is 14.7 Å². The van der Waals surface area contributed by atoms with E-state index in [1.807, 2.05) is 0 Å². The number of aromatic nitrogens is 3. The van der Waals surface area contributed by atoms with E-state index < -0.39 is 16.7 Å². The zero-order valence-electron chi connectivity index (χ0n) is 16.0. The van der Waals surface area contributed by atoms with Gasteiger partial charge in [-0.25, -0.2) is 0 Å². The van der Waals surface area contributed by atoms with E-state index in [2.05, 4.69) is 14.7 Å². The minimum atomic E-state index is -5.52. The molecule has 0 atom stereocenters. The van der Waals surface area contributed by atoms with E-state index >= 15 is 0 Å². The topological polar surface area (TPSA) is 151 Å². The van der Waals surface area contributed by atoms with E-state index in [-0.39, 0.29) is 0 Å². The van der Waals surface area contributed by atoms with Crippen molar-refractivity contribution in [2.75, 3.05) is 93.6 Å². The summed E-state index contributed by atoms with van der Waals surface area (Å²) in [7, 11) is 0. The predicted octanol–water partition coefficient (Wildman–Crippen LogP) is -1.97. The van der Waals surface area contributed by atoms with E-state index in [9.17, 15) is 0 Å². The molecule has 13 nitrogen and oxygen atoms in total. The third-order valence-corrected chi connectivity index (χ3v) is 4.48. The standard InChI is InChI=1S/C15H24N6O3.Mo.2H2O.2O/c1-7-22-8-2-19(1)13-16-14(20-3-9-23-10-4-20)18-15(17-13)21-5-11-24-12-6-21;;;;;/h1-12H2;;2*1H2;;/q;+2;;;;/p-2. The zero-order chi connectivity index (χ0) is 20.7. The van der Waals surface area contributed by atoms with Crippen LogP contribution in [-0.4, -0.2) is 101 Å². The molecule has 4 rings (SSSR count). The third-order valence-electron chi connectivity index (χ3n) is 4.48. The quantitative estimate of drug-likeness (QED) is 0.444. The van der Waals surface area contributed by atoms with Gasteiger partial charge in [0, 0.05) is 39.3 Å². The van der Waals surface area contributed by atoms with Crippen LogP contribution in [0.3, 0.4) is 0 Å². The number of hydrogen-bond donors (Lipinski definition) is 2. The number of anilines is 3. The first kappa shape index (κ1) is 22.2. The van der Waals surface area contributed by atoms with Crippen LogP contribution in [0.4, 0.5) is 17.8 Å². The molecule has 1 aromatic heterocycles. The van der Waals surface area contributed by atoms with Gasteiger partial charge in [-0.1, -0.05) is 0 Å². The van der Waals surface area contributed by atoms with Gasteiger partial charge in [0.05, 0.1) is 39.6 Å². The second kappa shape index (κ2) is 10.5. The Labute approximate surface area is 171 Å². The summed E-state index contributed by atoms with van der Waals surface area (Å²) in [5, 5.41) is 0. The molecule has 0 radical (unpaired) electrons. The number of nitrogens with zero attached hydrogens (tertiary/aromatic N) is 6. The monoisotopic (exact) mass is 500 g/mol. The van der Waals surface area contributed by atoms with Crippen molar-refractivity contribution < 1.29 is 45.3 Å². The van der Waals surface area contributed by atoms with Crippen molar-refractivity contribution in [3.63, 3.8) is 0 Å². The van der Waals surface area contributed by atoms with Crippen molar-refractivity contribution in [2.45, 2.75) is 0 Å². The molecule has 0 amide bonds. The molecular weight excluding hydrogens is 472 g/mol. The maximum atomic E-state index is 8.85. The molecule has 164 valence electrons. The van der Waals surface area contributed by atoms with Gasteiger partial charge in [-0.15, -0.1) is 0 Å². The molecule has 0 aliphatic carbocycles. The van der Waals surface area contributed by atoms with E-state index in [1.54, 1.807) is 0 Å². The van der Waals surface area contributed by atoms with Crippen LogP contribution in [0.2, 0.25) is 0 Å². The first-order chi connectivity index (χ1) is 13.9. The summed E-state index contributed by atoms with van der Waals surface area (Å²) in [6, 6.07) is 0. The second-order valence-corrected chi connectivity index (χ2v) is 8.68. The molecule has 29 heavy (non-hydrogen) atoms. The fourth-order valence-electron chi connectivity index (χ4n) is 3.06. The van der Waals surface area contributed by atoms with Crippen molar-refractivity contribution in [1.82, 2.24) is 15.0 Å². The van der Waals surface area contributed by atoms with E-state index in [1.165, 1.54) is 0 Å². The molecule has 0 saturated carbocycles. The third kappa shape index (κ3) is 7.36. The molecule has 3 aliphatic heterocycles. The normalized spacial score (nSPS) is 20.8. The fraction of sp³-hybridized carbons (Fsp3) is 0.800. The molecule has 0 unspecified atom stereocenters. The van der Waals surface area contributed by atoms with Crippen LogP contribution in [0.15, 0.2) is 0 Å². The summed E-state index contributed by atoms with van der Waals surface area (Å²) < 4.78 is 48.4. The van der Waals surface area contributed by atoms with Gasteiger partial charge in [0.1, 0.15) is 0 Å². The molecule has 1 aromatic rings. The molecule has 0 bridgehead atoms. The molecular formula is C15H26MoN6O7.